The van der Waals surface area contributed by atoms with Crippen LogP contribution in [0.1, 0.15) is 0 Å². The molecular weight excluding hydrogens is 247 g/mol. The average molecular weight is 260 g/mol. The van der Waals surface area contributed by atoms with Gasteiger partial charge in [0.2, 0.25) is 0 Å². The highest BCUT2D eigenvalue weighted by Gasteiger charge is 2.12. The van der Waals surface area contributed by atoms with Gasteiger partial charge in [-0.15, -0.1) is 0 Å². The van der Waals surface area contributed by atoms with Crippen LogP contribution in [-0.2, 0) is 10.5 Å². The first-order valence-corrected chi connectivity index (χ1v) is 6.55. The maximum Gasteiger partial charge on any atom is 0.488 e. The van der Waals surface area contributed by atoms with Gasteiger partial charge in [0.1, 0.15) is 5.75 Å². The maximum absolute atomic E-state index is 12.3. The van der Waals surface area contributed by atoms with Crippen molar-refractivity contribution in [2.24, 2.45) is 0 Å². The van der Waals surface area contributed by atoms with Crippen molar-refractivity contribution in [3.05, 3.63) is 24.3 Å². The van der Waals surface area contributed by atoms with Crippen molar-refractivity contribution in [3.63, 3.8) is 0 Å². The van der Waals surface area contributed by atoms with Crippen LogP contribution in [0.15, 0.2) is 24.3 Å². The fourth-order valence-corrected chi connectivity index (χ4v) is 2.09. The number of hydrogen-bond acceptors (Lipinski definition) is 5. The molecule has 7 heteroatoms. The fourth-order valence-electron chi connectivity index (χ4n) is 1.75. The summed E-state index contributed by atoms with van der Waals surface area (Å²) in [5, 5.41) is 3.23. The summed E-state index contributed by atoms with van der Waals surface area (Å²) in [6, 6.07) is 6.31. The predicted molar refractivity (Wildman–Crippen MR) is 62.2 cm³/mol. The van der Waals surface area contributed by atoms with Gasteiger partial charge in [-0.2, -0.15) is 8.42 Å². The number of hydrogen-bond donors (Lipinski definition) is 1. The lowest BCUT2D eigenvalue weighted by atomic mass is 10.2. The zero-order valence-corrected chi connectivity index (χ0v) is 9.91. The first-order valence-electron chi connectivity index (χ1n) is 5.24. The van der Waals surface area contributed by atoms with Crippen molar-refractivity contribution in [3.8, 4) is 5.75 Å². The summed E-state index contributed by atoms with van der Waals surface area (Å²) < 4.78 is 36.9. The lowest BCUT2D eigenvalue weighted by molar-refractivity contribution is 0.440. The maximum atomic E-state index is 12.3. The Morgan fingerprint density at radius 3 is 2.29 bits per heavy atom. The average Bonchev–Trinajstić information content (AvgIpc) is 2.29. The molecule has 0 aromatic heterocycles. The molecule has 1 aromatic rings. The highest BCUT2D eigenvalue weighted by molar-refractivity contribution is 7.81. The predicted octanol–water partition coefficient (Wildman–Crippen LogP) is 0.689. The number of nitrogens with zero attached hydrogens (tertiary/aromatic N) is 1. The molecule has 94 valence electrons. The third-order valence-electron chi connectivity index (χ3n) is 2.51. The molecule has 0 aliphatic carbocycles. The highest BCUT2D eigenvalue weighted by Crippen LogP contribution is 2.21. The minimum absolute atomic E-state index is 0.0219. The van der Waals surface area contributed by atoms with E-state index in [1.165, 1.54) is 12.1 Å². The zero-order valence-electron chi connectivity index (χ0n) is 9.10. The third kappa shape index (κ3) is 3.57. The van der Waals surface area contributed by atoms with E-state index < -0.39 is 10.5 Å². The van der Waals surface area contributed by atoms with Gasteiger partial charge >= 0.3 is 10.5 Å². The molecule has 0 spiro atoms. The molecule has 0 saturated carbocycles. The number of anilines is 1. The van der Waals surface area contributed by atoms with Crippen LogP contribution in [0.5, 0.6) is 5.75 Å². The van der Waals surface area contributed by atoms with Gasteiger partial charge in [0.15, 0.2) is 0 Å². The molecule has 0 radical (unpaired) electrons. The summed E-state index contributed by atoms with van der Waals surface area (Å²) in [5.74, 6) is -0.0219. The number of benzene rings is 1. The Morgan fingerprint density at radius 1 is 1.18 bits per heavy atom. The molecule has 0 unspecified atom stereocenters. The molecular formula is C10H13FN2O3S. The summed E-state index contributed by atoms with van der Waals surface area (Å²) in [6.45, 7) is 3.61. The van der Waals surface area contributed by atoms with E-state index in [-0.39, 0.29) is 5.75 Å². The summed E-state index contributed by atoms with van der Waals surface area (Å²) >= 11 is 0. The standard InChI is InChI=1S/C10H13FN2O3S/c11-17(14,15)16-10-3-1-9(2-4-10)13-7-5-12-6-8-13/h1-4,12H,5-8H2. The summed E-state index contributed by atoms with van der Waals surface area (Å²) in [5.41, 5.74) is 0.968. The second-order valence-corrected chi connectivity index (χ2v) is 4.66. The van der Waals surface area contributed by atoms with Gasteiger partial charge in [-0.05, 0) is 24.3 Å². The van der Waals surface area contributed by atoms with Gasteiger partial charge in [-0.1, -0.05) is 3.89 Å². The van der Waals surface area contributed by atoms with E-state index >= 15 is 0 Å². The number of halogens is 1. The Bertz CT molecular complexity index is 469. The molecule has 0 amide bonds. The van der Waals surface area contributed by atoms with E-state index in [1.807, 2.05) is 0 Å². The summed E-state index contributed by atoms with van der Waals surface area (Å²) in [6.07, 6.45) is 0. The Kier molecular flexibility index (Phi) is 3.49. The van der Waals surface area contributed by atoms with Gasteiger partial charge in [-0.25, -0.2) is 0 Å². The molecule has 1 aliphatic heterocycles. The zero-order chi connectivity index (χ0) is 12.3. The number of nitrogens with one attached hydrogen (secondary N) is 1. The summed E-state index contributed by atoms with van der Waals surface area (Å²) in [7, 11) is -4.94. The van der Waals surface area contributed by atoms with Crippen LogP contribution in [0.25, 0.3) is 0 Å². The fraction of sp³-hybridized carbons (Fsp3) is 0.400. The van der Waals surface area contributed by atoms with Gasteiger partial charge in [-0.3, -0.25) is 0 Å². The van der Waals surface area contributed by atoms with Gasteiger partial charge in [0.05, 0.1) is 0 Å². The third-order valence-corrected chi connectivity index (χ3v) is 2.91. The first kappa shape index (κ1) is 12.1. The van der Waals surface area contributed by atoms with Gasteiger partial charge in [0, 0.05) is 31.9 Å². The quantitative estimate of drug-likeness (QED) is 0.810. The van der Waals surface area contributed by atoms with Crippen LogP contribution in [0.2, 0.25) is 0 Å². The van der Waals surface area contributed by atoms with E-state index in [0.717, 1.165) is 31.9 Å². The van der Waals surface area contributed by atoms with Crippen molar-refractivity contribution in [2.75, 3.05) is 31.1 Å². The van der Waals surface area contributed by atoms with Crippen LogP contribution in [0, 0.1) is 0 Å². The molecule has 1 N–H and O–H groups in total. The van der Waals surface area contributed by atoms with E-state index in [0.29, 0.717) is 0 Å². The monoisotopic (exact) mass is 260 g/mol. The highest BCUT2D eigenvalue weighted by atomic mass is 32.3. The topological polar surface area (TPSA) is 58.6 Å². The van der Waals surface area contributed by atoms with E-state index in [1.54, 1.807) is 12.1 Å². The van der Waals surface area contributed by atoms with Gasteiger partial charge in [0.25, 0.3) is 0 Å². The van der Waals surface area contributed by atoms with Crippen LogP contribution < -0.4 is 14.4 Å². The van der Waals surface area contributed by atoms with Crippen molar-refractivity contribution in [2.45, 2.75) is 0 Å². The Morgan fingerprint density at radius 2 is 1.76 bits per heavy atom. The molecule has 1 aromatic carbocycles. The van der Waals surface area contributed by atoms with Gasteiger partial charge < -0.3 is 14.4 Å². The largest absolute Gasteiger partial charge is 0.488 e. The lowest BCUT2D eigenvalue weighted by Crippen LogP contribution is -2.43. The first-order chi connectivity index (χ1) is 8.04. The second-order valence-electron chi connectivity index (χ2n) is 3.71. The van der Waals surface area contributed by atoms with Crippen molar-refractivity contribution in [1.82, 2.24) is 5.32 Å². The molecule has 1 aliphatic rings. The van der Waals surface area contributed by atoms with Crippen LogP contribution >= 0.6 is 0 Å². The van der Waals surface area contributed by atoms with Crippen LogP contribution in [0.4, 0.5) is 9.57 Å². The molecule has 2 rings (SSSR count). The lowest BCUT2D eigenvalue weighted by Gasteiger charge is -2.29. The number of piperazine rings is 1. The normalized spacial score (nSPS) is 16.9. The molecule has 17 heavy (non-hydrogen) atoms. The van der Waals surface area contributed by atoms with E-state index in [4.69, 9.17) is 0 Å². The minimum Gasteiger partial charge on any atom is -0.369 e. The smallest absolute Gasteiger partial charge is 0.369 e. The van der Waals surface area contributed by atoms with Crippen molar-refractivity contribution in [1.29, 1.82) is 0 Å². The molecule has 1 heterocycles. The van der Waals surface area contributed by atoms with E-state index in [9.17, 15) is 12.3 Å². The van der Waals surface area contributed by atoms with Crippen LogP contribution in [0.3, 0.4) is 0 Å². The Labute approximate surface area is 99.6 Å². The molecule has 5 nitrogen and oxygen atoms in total. The SMILES string of the molecule is O=S(=O)(F)Oc1ccc(N2CCNCC2)cc1. The van der Waals surface area contributed by atoms with E-state index in [2.05, 4.69) is 14.4 Å². The second kappa shape index (κ2) is 4.89. The van der Waals surface area contributed by atoms with Crippen molar-refractivity contribution < 1.29 is 16.5 Å². The molecule has 0 atom stereocenters. The Hall–Kier alpha value is -1.34. The Balaban J connectivity index is 2.07. The molecule has 0 bridgehead atoms. The number of rotatable bonds is 3. The van der Waals surface area contributed by atoms with Crippen molar-refractivity contribution >= 4 is 16.2 Å². The molecule has 1 saturated heterocycles. The minimum atomic E-state index is -4.94. The molecule has 1 fully saturated rings. The van der Waals surface area contributed by atoms with Crippen LogP contribution in [-0.4, -0.2) is 34.6 Å². The summed E-state index contributed by atoms with van der Waals surface area (Å²) in [4.78, 5) is 2.16.